The predicted octanol–water partition coefficient (Wildman–Crippen LogP) is 6.64. The summed E-state index contributed by atoms with van der Waals surface area (Å²) in [6, 6.07) is 6.63. The van der Waals surface area contributed by atoms with Crippen molar-refractivity contribution in [2.24, 2.45) is 11.8 Å². The molecule has 2 N–H and O–H groups in total. The topological polar surface area (TPSA) is 73.4 Å². The zero-order valence-corrected chi connectivity index (χ0v) is 20.5. The lowest BCUT2D eigenvalue weighted by atomic mass is 9.71. The number of carbonyl (C=O) groups excluding carboxylic acids is 1. The number of nitrogens with zero attached hydrogens (tertiary/aromatic N) is 1. The first-order valence-electron chi connectivity index (χ1n) is 12.2. The third kappa shape index (κ3) is 4.41. The SMILES string of the molecule is O=C(O)C1CCCC2C1CCCN2C(=O)CC(F)(c1c[nH]c2cccc(-c3ccc(F)s3)c12)C(F)(F)F. The summed E-state index contributed by atoms with van der Waals surface area (Å²) in [7, 11) is 0. The largest absolute Gasteiger partial charge is 0.481 e. The van der Waals surface area contributed by atoms with E-state index in [1.54, 1.807) is 6.07 Å². The van der Waals surface area contributed by atoms with Crippen molar-refractivity contribution >= 4 is 34.1 Å². The number of aromatic amines is 1. The fourth-order valence-corrected chi connectivity index (χ4v) is 6.89. The van der Waals surface area contributed by atoms with Gasteiger partial charge >= 0.3 is 12.1 Å². The number of H-pyrrole nitrogens is 1. The summed E-state index contributed by atoms with van der Waals surface area (Å²) in [5.41, 5.74) is -4.28. The molecule has 198 valence electrons. The van der Waals surface area contributed by atoms with Gasteiger partial charge in [0.05, 0.1) is 12.3 Å². The maximum absolute atomic E-state index is 16.4. The number of halogens is 5. The van der Waals surface area contributed by atoms with E-state index in [2.05, 4.69) is 4.98 Å². The number of rotatable bonds is 5. The second kappa shape index (κ2) is 9.41. The van der Waals surface area contributed by atoms with Crippen molar-refractivity contribution in [2.75, 3.05) is 6.54 Å². The van der Waals surface area contributed by atoms with Crippen LogP contribution >= 0.6 is 11.3 Å². The number of carboxylic acid groups (broad SMARTS) is 1. The number of fused-ring (bicyclic) bond motifs is 2. The van der Waals surface area contributed by atoms with Crippen molar-refractivity contribution in [1.29, 1.82) is 0 Å². The van der Waals surface area contributed by atoms with E-state index < -0.39 is 52.8 Å². The van der Waals surface area contributed by atoms with E-state index in [1.165, 1.54) is 29.2 Å². The predicted molar refractivity (Wildman–Crippen MR) is 128 cm³/mol. The lowest BCUT2D eigenvalue weighted by Crippen LogP contribution is -2.55. The number of aliphatic carboxylic acids is 1. The normalized spacial score (nSPS) is 24.0. The molecule has 1 saturated heterocycles. The van der Waals surface area contributed by atoms with E-state index in [9.17, 15) is 32.3 Å². The molecule has 1 aliphatic carbocycles. The van der Waals surface area contributed by atoms with Crippen molar-refractivity contribution in [3.05, 3.63) is 47.2 Å². The fourth-order valence-electron chi connectivity index (χ4n) is 6.12. The smallest absolute Gasteiger partial charge is 0.427 e. The molecule has 11 heteroatoms. The Hall–Kier alpha value is -2.95. The Morgan fingerprint density at radius 1 is 1.08 bits per heavy atom. The Bertz CT molecular complexity index is 1340. The molecule has 4 unspecified atom stereocenters. The second-order valence-corrected chi connectivity index (χ2v) is 10.9. The lowest BCUT2D eigenvalue weighted by Gasteiger charge is -2.47. The van der Waals surface area contributed by atoms with E-state index in [-0.39, 0.29) is 28.9 Å². The minimum absolute atomic E-state index is 0.0582. The summed E-state index contributed by atoms with van der Waals surface area (Å²) in [4.78, 5) is 29.4. The second-order valence-electron chi connectivity index (χ2n) is 9.85. The van der Waals surface area contributed by atoms with Crippen LogP contribution in [0.3, 0.4) is 0 Å². The van der Waals surface area contributed by atoms with E-state index in [0.717, 1.165) is 17.5 Å². The first-order valence-corrected chi connectivity index (χ1v) is 13.0. The first-order chi connectivity index (χ1) is 17.5. The number of hydrogen-bond acceptors (Lipinski definition) is 3. The highest BCUT2D eigenvalue weighted by Gasteiger charge is 2.60. The van der Waals surface area contributed by atoms with Gasteiger partial charge in [0.2, 0.25) is 11.6 Å². The van der Waals surface area contributed by atoms with E-state index in [1.807, 2.05) is 0 Å². The number of likely N-dealkylation sites (tertiary alicyclic amines) is 1. The highest BCUT2D eigenvalue weighted by Crippen LogP contribution is 2.50. The molecule has 3 heterocycles. The lowest BCUT2D eigenvalue weighted by molar-refractivity contribution is -0.238. The molecule has 2 aromatic heterocycles. The molecule has 1 aliphatic heterocycles. The van der Waals surface area contributed by atoms with Gasteiger partial charge in [0.25, 0.3) is 0 Å². The molecule has 0 radical (unpaired) electrons. The van der Waals surface area contributed by atoms with Gasteiger partial charge in [-0.3, -0.25) is 9.59 Å². The molecule has 3 aromatic rings. The van der Waals surface area contributed by atoms with Crippen LogP contribution in [0.25, 0.3) is 21.3 Å². The van der Waals surface area contributed by atoms with Crippen molar-refractivity contribution in [3.63, 3.8) is 0 Å². The van der Waals surface area contributed by atoms with Crippen molar-refractivity contribution in [1.82, 2.24) is 9.88 Å². The Kier molecular flexibility index (Phi) is 6.54. The number of benzene rings is 1. The van der Waals surface area contributed by atoms with E-state index in [0.29, 0.717) is 37.0 Å². The van der Waals surface area contributed by atoms with Crippen LogP contribution < -0.4 is 0 Å². The zero-order valence-electron chi connectivity index (χ0n) is 19.7. The molecule has 1 saturated carbocycles. The molecule has 5 rings (SSSR count). The van der Waals surface area contributed by atoms with Crippen LogP contribution in [-0.2, 0) is 15.3 Å². The summed E-state index contributed by atoms with van der Waals surface area (Å²) in [6.45, 7) is 0.161. The van der Waals surface area contributed by atoms with Gasteiger partial charge in [0.15, 0.2) is 5.13 Å². The third-order valence-corrected chi connectivity index (χ3v) is 8.72. The molecule has 0 bridgehead atoms. The highest BCUT2D eigenvalue weighted by atomic mass is 32.1. The molecule has 1 amide bonds. The molecular weight excluding hydrogens is 515 g/mol. The monoisotopic (exact) mass is 540 g/mol. The van der Waals surface area contributed by atoms with E-state index >= 15 is 4.39 Å². The van der Waals surface area contributed by atoms with Crippen LogP contribution in [0.1, 0.15) is 44.1 Å². The molecular formula is C26H25F5N2O3S. The van der Waals surface area contributed by atoms with Gasteiger partial charge in [-0.15, -0.1) is 11.3 Å². The van der Waals surface area contributed by atoms with Gasteiger partial charge in [-0.1, -0.05) is 18.6 Å². The standard InChI is InChI=1S/C26H25F5N2O3S/c27-21-10-9-20(37-21)16-5-1-7-18-23(16)17(13-32-18)25(28,26(29,30)31)12-22(34)33-11-3-6-14-15(24(35)36)4-2-8-19(14)33/h1,5,7,9-10,13-15,19,32H,2-4,6,8,11-12H2,(H,35,36). The molecule has 2 fully saturated rings. The molecule has 2 aliphatic rings. The quantitative estimate of drug-likeness (QED) is 0.356. The average Bonchev–Trinajstić information content (AvgIpc) is 3.49. The number of hydrogen-bond donors (Lipinski definition) is 2. The number of amides is 1. The molecule has 5 nitrogen and oxygen atoms in total. The number of alkyl halides is 4. The minimum Gasteiger partial charge on any atom is -0.481 e. The van der Waals surface area contributed by atoms with Crippen LogP contribution in [0, 0.1) is 17.0 Å². The summed E-state index contributed by atoms with van der Waals surface area (Å²) in [5, 5.41) is 9.01. The zero-order chi connectivity index (χ0) is 26.5. The Morgan fingerprint density at radius 2 is 1.86 bits per heavy atom. The van der Waals surface area contributed by atoms with Gasteiger partial charge in [-0.2, -0.15) is 17.6 Å². The Morgan fingerprint density at radius 3 is 2.54 bits per heavy atom. The van der Waals surface area contributed by atoms with Gasteiger partial charge in [-0.05, 0) is 49.8 Å². The number of aromatic nitrogens is 1. The first kappa shape index (κ1) is 25.7. The summed E-state index contributed by atoms with van der Waals surface area (Å²) in [5.74, 6) is -3.00. The molecule has 37 heavy (non-hydrogen) atoms. The number of carboxylic acids is 1. The minimum atomic E-state index is -5.42. The van der Waals surface area contributed by atoms with Gasteiger partial charge in [-0.25, -0.2) is 4.39 Å². The van der Waals surface area contributed by atoms with Crippen LogP contribution in [0.2, 0.25) is 0 Å². The molecule has 1 aromatic carbocycles. The van der Waals surface area contributed by atoms with Gasteiger partial charge < -0.3 is 15.0 Å². The fraction of sp³-hybridized carbons (Fsp3) is 0.462. The van der Waals surface area contributed by atoms with Crippen molar-refractivity contribution in [2.45, 2.75) is 56.4 Å². The Balaban J connectivity index is 1.54. The third-order valence-electron chi connectivity index (χ3n) is 7.82. The number of thiophene rings is 1. The number of nitrogens with one attached hydrogen (secondary N) is 1. The van der Waals surface area contributed by atoms with E-state index in [4.69, 9.17) is 0 Å². The number of piperidine rings is 1. The van der Waals surface area contributed by atoms with Crippen LogP contribution in [0.4, 0.5) is 22.0 Å². The maximum atomic E-state index is 16.4. The highest BCUT2D eigenvalue weighted by molar-refractivity contribution is 7.14. The van der Waals surface area contributed by atoms with Crippen molar-refractivity contribution < 1.29 is 36.6 Å². The molecule has 0 spiro atoms. The van der Waals surface area contributed by atoms with Crippen LogP contribution in [0.15, 0.2) is 36.5 Å². The van der Waals surface area contributed by atoms with Gasteiger partial charge in [0.1, 0.15) is 0 Å². The average molecular weight is 541 g/mol. The van der Waals surface area contributed by atoms with Crippen LogP contribution in [-0.4, -0.2) is 45.6 Å². The molecule has 4 atom stereocenters. The summed E-state index contributed by atoms with van der Waals surface area (Å²) >= 11 is 0.730. The summed E-state index contributed by atoms with van der Waals surface area (Å²) < 4.78 is 73.5. The van der Waals surface area contributed by atoms with Crippen molar-refractivity contribution in [3.8, 4) is 10.4 Å². The Labute approximate surface area is 213 Å². The van der Waals surface area contributed by atoms with Gasteiger partial charge in [0, 0.05) is 45.7 Å². The summed E-state index contributed by atoms with van der Waals surface area (Å²) in [6.07, 6.45) is -3.47. The van der Waals surface area contributed by atoms with Crippen LogP contribution in [0.5, 0.6) is 0 Å². The maximum Gasteiger partial charge on any atom is 0.427 e. The number of carbonyl (C=O) groups is 2.